The Balaban J connectivity index is 2.40. The Labute approximate surface area is 232 Å². The van der Waals surface area contributed by atoms with Crippen molar-refractivity contribution in [2.24, 2.45) is 10.8 Å². The van der Waals surface area contributed by atoms with E-state index in [4.69, 9.17) is 53.8 Å². The Morgan fingerprint density at radius 3 is 2.05 bits per heavy atom. The summed E-state index contributed by atoms with van der Waals surface area (Å²) in [5.41, 5.74) is -0.972. The average Bonchev–Trinajstić information content (AvgIpc) is 2.78. The van der Waals surface area contributed by atoms with Crippen LogP contribution in [0.2, 0.25) is 0 Å². The zero-order valence-corrected chi connectivity index (χ0v) is 23.9. The molecule has 1 amide bonds. The highest BCUT2D eigenvalue weighted by molar-refractivity contribution is 6.76. The third-order valence-electron chi connectivity index (χ3n) is 5.33. The molecule has 0 aliphatic carbocycles. The second-order valence-corrected chi connectivity index (χ2v) is 13.1. The van der Waals surface area contributed by atoms with Crippen molar-refractivity contribution in [3.63, 3.8) is 0 Å². The predicted molar refractivity (Wildman–Crippen MR) is 138 cm³/mol. The van der Waals surface area contributed by atoms with Gasteiger partial charge in [0.05, 0.1) is 17.4 Å². The standard InChI is InChI=1S/C25H34Cl3NO8/c1-23(2,3)21(32)35-13-15-17(30)18(37-22(33)24(4,5)6)16(29-20(31)25(26,27)28)19(36-15)34-12-14-10-8-7-9-11-14/h7-11,15-19,30H,12-13H2,1-6H3,(H,29,31)/t15-,16-,17-,18-,19-/m1/s1. The summed E-state index contributed by atoms with van der Waals surface area (Å²) in [6, 6.07) is 7.81. The van der Waals surface area contributed by atoms with Crippen molar-refractivity contribution in [1.29, 1.82) is 0 Å². The molecular weight excluding hydrogens is 549 g/mol. The van der Waals surface area contributed by atoms with Gasteiger partial charge in [0.15, 0.2) is 12.4 Å². The maximum atomic E-state index is 12.8. The van der Waals surface area contributed by atoms with Crippen LogP contribution >= 0.6 is 34.8 Å². The van der Waals surface area contributed by atoms with Crippen molar-refractivity contribution >= 4 is 52.6 Å². The molecule has 1 aromatic rings. The van der Waals surface area contributed by atoms with E-state index in [-0.39, 0.29) is 13.2 Å². The predicted octanol–water partition coefficient (Wildman–Crippen LogP) is 3.69. The van der Waals surface area contributed by atoms with Gasteiger partial charge in [-0.2, -0.15) is 0 Å². The van der Waals surface area contributed by atoms with Crippen LogP contribution in [0.4, 0.5) is 0 Å². The smallest absolute Gasteiger partial charge is 0.311 e. The first kappa shape index (κ1) is 31.6. The maximum absolute atomic E-state index is 12.8. The summed E-state index contributed by atoms with van der Waals surface area (Å²) in [7, 11) is 0. The summed E-state index contributed by atoms with van der Waals surface area (Å²) >= 11 is 17.3. The van der Waals surface area contributed by atoms with Crippen LogP contribution in [0.1, 0.15) is 47.1 Å². The largest absolute Gasteiger partial charge is 0.462 e. The summed E-state index contributed by atoms with van der Waals surface area (Å²) < 4.78 is 20.5. The topological polar surface area (TPSA) is 120 Å². The number of halogens is 3. The summed E-state index contributed by atoms with van der Waals surface area (Å²) in [6.45, 7) is 9.58. The third-order valence-corrected chi connectivity index (χ3v) is 5.85. The van der Waals surface area contributed by atoms with Gasteiger partial charge in [0.2, 0.25) is 0 Å². The highest BCUT2D eigenvalue weighted by atomic mass is 35.6. The Morgan fingerprint density at radius 2 is 1.54 bits per heavy atom. The molecule has 0 bridgehead atoms. The molecule has 1 aliphatic rings. The van der Waals surface area contributed by atoms with E-state index < -0.39 is 63.1 Å². The average molecular weight is 583 g/mol. The molecule has 0 radical (unpaired) electrons. The lowest BCUT2D eigenvalue weighted by atomic mass is 9.94. The van der Waals surface area contributed by atoms with Crippen LogP contribution in [0.25, 0.3) is 0 Å². The van der Waals surface area contributed by atoms with Crippen molar-refractivity contribution in [3.05, 3.63) is 35.9 Å². The van der Waals surface area contributed by atoms with Crippen LogP contribution < -0.4 is 5.32 Å². The van der Waals surface area contributed by atoms with Gasteiger partial charge in [-0.1, -0.05) is 65.1 Å². The van der Waals surface area contributed by atoms with E-state index in [0.29, 0.717) is 0 Å². The highest BCUT2D eigenvalue weighted by Gasteiger charge is 2.51. The molecular formula is C25H34Cl3NO8. The molecule has 0 aromatic heterocycles. The number of hydrogen-bond donors (Lipinski definition) is 2. The summed E-state index contributed by atoms with van der Waals surface area (Å²) in [5, 5.41) is 13.6. The normalized spacial score (nSPS) is 24.8. The number of aliphatic hydroxyl groups excluding tert-OH is 1. The Bertz CT molecular complexity index is 940. The van der Waals surface area contributed by atoms with E-state index in [2.05, 4.69) is 5.32 Å². The van der Waals surface area contributed by atoms with Gasteiger partial charge in [-0.3, -0.25) is 14.4 Å². The lowest BCUT2D eigenvalue weighted by Crippen LogP contribution is -2.67. The number of alkyl halides is 3. The molecule has 2 rings (SSSR count). The zero-order chi connectivity index (χ0) is 28.2. The van der Waals surface area contributed by atoms with Crippen LogP contribution in [-0.4, -0.2) is 64.0 Å². The quantitative estimate of drug-likeness (QED) is 0.369. The fraction of sp³-hybridized carbons (Fsp3) is 0.640. The minimum absolute atomic E-state index is 0.0379. The molecule has 0 unspecified atom stereocenters. The van der Waals surface area contributed by atoms with Crippen LogP contribution in [-0.2, 0) is 39.9 Å². The Hall–Kier alpha value is -1.62. The van der Waals surface area contributed by atoms with Gasteiger partial charge in [-0.25, -0.2) is 0 Å². The molecule has 0 saturated carbocycles. The second kappa shape index (κ2) is 12.5. The SMILES string of the molecule is CC(C)(C)C(=O)OC[C@H]1O[C@@H](OCc2ccccc2)[C@H](NC(=O)C(Cl)(Cl)Cl)[C@@H](OC(=O)C(C)(C)C)[C@@H]1O. The maximum Gasteiger partial charge on any atom is 0.311 e. The molecule has 12 heteroatoms. The van der Waals surface area contributed by atoms with E-state index in [1.165, 1.54) is 0 Å². The fourth-order valence-corrected chi connectivity index (χ4v) is 3.31. The van der Waals surface area contributed by atoms with Crippen molar-refractivity contribution < 1.29 is 38.4 Å². The molecule has 5 atom stereocenters. The monoisotopic (exact) mass is 581 g/mol. The van der Waals surface area contributed by atoms with Crippen LogP contribution in [0.15, 0.2) is 30.3 Å². The molecule has 1 aliphatic heterocycles. The van der Waals surface area contributed by atoms with Crippen molar-refractivity contribution in [2.45, 2.75) is 82.6 Å². The van der Waals surface area contributed by atoms with Gasteiger partial charge in [0, 0.05) is 0 Å². The number of hydrogen-bond acceptors (Lipinski definition) is 8. The number of carbonyl (C=O) groups is 3. The minimum Gasteiger partial charge on any atom is -0.462 e. The van der Waals surface area contributed by atoms with Crippen molar-refractivity contribution in [1.82, 2.24) is 5.32 Å². The van der Waals surface area contributed by atoms with Gasteiger partial charge in [0.1, 0.15) is 24.9 Å². The highest BCUT2D eigenvalue weighted by Crippen LogP contribution is 2.31. The van der Waals surface area contributed by atoms with Gasteiger partial charge in [-0.15, -0.1) is 0 Å². The van der Waals surface area contributed by atoms with Gasteiger partial charge < -0.3 is 29.4 Å². The molecule has 37 heavy (non-hydrogen) atoms. The van der Waals surface area contributed by atoms with E-state index in [1.807, 2.05) is 30.3 Å². The van der Waals surface area contributed by atoms with Crippen molar-refractivity contribution in [2.75, 3.05) is 6.61 Å². The van der Waals surface area contributed by atoms with Crippen LogP contribution in [0.5, 0.6) is 0 Å². The Kier molecular flexibility index (Phi) is 10.7. The number of aliphatic hydroxyl groups is 1. The zero-order valence-electron chi connectivity index (χ0n) is 21.6. The lowest BCUT2D eigenvalue weighted by molar-refractivity contribution is -0.279. The molecule has 0 spiro atoms. The first-order valence-electron chi connectivity index (χ1n) is 11.7. The summed E-state index contributed by atoms with van der Waals surface area (Å²) in [5.74, 6) is -2.24. The molecule has 9 nitrogen and oxygen atoms in total. The number of benzene rings is 1. The Morgan fingerprint density at radius 1 is 0.973 bits per heavy atom. The number of ether oxygens (including phenoxy) is 4. The molecule has 1 aromatic carbocycles. The first-order chi connectivity index (χ1) is 16.9. The third kappa shape index (κ3) is 9.26. The molecule has 208 valence electrons. The second-order valence-electron chi connectivity index (χ2n) is 10.8. The van der Waals surface area contributed by atoms with Crippen molar-refractivity contribution in [3.8, 4) is 0 Å². The van der Waals surface area contributed by atoms with Crippen LogP contribution in [0.3, 0.4) is 0 Å². The summed E-state index contributed by atoms with van der Waals surface area (Å²) in [6.07, 6.45) is -5.37. The molecule has 1 heterocycles. The number of carbonyl (C=O) groups excluding carboxylic acids is 3. The minimum atomic E-state index is -2.35. The van der Waals surface area contributed by atoms with Gasteiger partial charge in [-0.05, 0) is 47.1 Å². The van der Waals surface area contributed by atoms with Gasteiger partial charge >= 0.3 is 11.9 Å². The lowest BCUT2D eigenvalue weighted by Gasteiger charge is -2.44. The molecule has 2 N–H and O–H groups in total. The first-order valence-corrected chi connectivity index (χ1v) is 12.8. The molecule has 1 fully saturated rings. The fourth-order valence-electron chi connectivity index (χ4n) is 3.15. The summed E-state index contributed by atoms with van der Waals surface area (Å²) in [4.78, 5) is 37.7. The number of nitrogens with one attached hydrogen (secondary N) is 1. The number of esters is 2. The molecule has 1 saturated heterocycles. The van der Waals surface area contributed by atoms with E-state index in [1.54, 1.807) is 41.5 Å². The number of rotatable bonds is 7. The number of amides is 1. The van der Waals surface area contributed by atoms with Gasteiger partial charge in [0.25, 0.3) is 9.70 Å². The van der Waals surface area contributed by atoms with E-state index in [9.17, 15) is 19.5 Å². The van der Waals surface area contributed by atoms with E-state index >= 15 is 0 Å². The van der Waals surface area contributed by atoms with Crippen LogP contribution in [0, 0.1) is 10.8 Å². The van der Waals surface area contributed by atoms with E-state index in [0.717, 1.165) is 5.56 Å².